The highest BCUT2D eigenvalue weighted by Crippen LogP contribution is 2.16. The zero-order valence-corrected chi connectivity index (χ0v) is 15.0. The summed E-state index contributed by atoms with van der Waals surface area (Å²) < 4.78 is 33.0. The van der Waals surface area contributed by atoms with Gasteiger partial charge in [0.15, 0.2) is 5.03 Å². The predicted octanol–water partition coefficient (Wildman–Crippen LogP) is 1.07. The van der Waals surface area contributed by atoms with Crippen LogP contribution < -0.4 is 14.8 Å². The number of nitrogens with zero attached hydrogens (tertiary/aromatic N) is 4. The molecule has 0 aromatic carbocycles. The number of hydrogen-bond donors (Lipinski definition) is 2. The van der Waals surface area contributed by atoms with E-state index in [0.717, 1.165) is 4.68 Å². The molecule has 0 aliphatic carbocycles. The van der Waals surface area contributed by atoms with E-state index in [1.807, 2.05) is 4.72 Å². The molecule has 0 atom stereocenters. The van der Waals surface area contributed by atoms with Gasteiger partial charge in [-0.05, 0) is 13.8 Å². The zero-order valence-electron chi connectivity index (χ0n) is 14.1. The molecule has 2 aromatic heterocycles. The van der Waals surface area contributed by atoms with Crippen molar-refractivity contribution in [3.8, 4) is 5.88 Å². The maximum atomic E-state index is 12.5. The first-order chi connectivity index (χ1) is 11.8. The Labute approximate surface area is 145 Å². The summed E-state index contributed by atoms with van der Waals surface area (Å²) in [6.07, 6.45) is 4.64. The number of sulfonamides is 1. The minimum Gasteiger partial charge on any atom is -0.481 e. The van der Waals surface area contributed by atoms with E-state index in [-0.39, 0.29) is 16.9 Å². The van der Waals surface area contributed by atoms with Crippen molar-refractivity contribution in [2.75, 3.05) is 12.4 Å². The first kappa shape index (κ1) is 18.4. The maximum Gasteiger partial charge on any atom is 0.335 e. The van der Waals surface area contributed by atoms with Gasteiger partial charge in [-0.25, -0.2) is 14.5 Å². The van der Waals surface area contributed by atoms with Crippen LogP contribution in [0.2, 0.25) is 0 Å². The third-order valence-electron chi connectivity index (χ3n) is 3.00. The normalized spacial score (nSPS) is 11.5. The van der Waals surface area contributed by atoms with Crippen LogP contribution in [0.5, 0.6) is 5.88 Å². The number of ether oxygens (including phenoxy) is 1. The monoisotopic (exact) mass is 366 g/mol. The van der Waals surface area contributed by atoms with Crippen LogP contribution in [0.1, 0.15) is 18.2 Å². The molecule has 2 rings (SSSR count). The van der Waals surface area contributed by atoms with Crippen molar-refractivity contribution < 1.29 is 17.9 Å². The van der Waals surface area contributed by atoms with Crippen LogP contribution >= 0.6 is 0 Å². The van der Waals surface area contributed by atoms with E-state index in [4.69, 9.17) is 4.74 Å². The standard InChI is InChI=1S/C14H18N6O4S/c1-5-6-10-8-15-20(3)12(10)25(22,23)19-14(21)18-13-16-9(2)7-11(17-13)24-4/h5-8H,1-4H3,(H2,16,17,18,19,21). The van der Waals surface area contributed by atoms with Crippen LogP contribution in [0.25, 0.3) is 6.08 Å². The summed E-state index contributed by atoms with van der Waals surface area (Å²) in [6.45, 7) is 3.43. The van der Waals surface area contributed by atoms with Gasteiger partial charge >= 0.3 is 6.03 Å². The lowest BCUT2D eigenvalue weighted by Gasteiger charge is -2.10. The van der Waals surface area contributed by atoms with Crippen LogP contribution in [-0.2, 0) is 17.1 Å². The number of nitrogens with one attached hydrogen (secondary N) is 2. The first-order valence-corrected chi connectivity index (χ1v) is 8.63. The first-order valence-electron chi connectivity index (χ1n) is 7.15. The number of carbonyl (C=O) groups excluding carboxylic acids is 1. The van der Waals surface area contributed by atoms with Crippen molar-refractivity contribution >= 4 is 28.1 Å². The summed E-state index contributed by atoms with van der Waals surface area (Å²) in [7, 11) is -1.26. The van der Waals surface area contributed by atoms with Crippen LogP contribution in [0.15, 0.2) is 23.4 Å². The number of aromatic nitrogens is 4. The number of hydrogen-bond acceptors (Lipinski definition) is 7. The Morgan fingerprint density at radius 3 is 2.72 bits per heavy atom. The van der Waals surface area contributed by atoms with E-state index in [2.05, 4.69) is 20.4 Å². The van der Waals surface area contributed by atoms with Crippen molar-refractivity contribution in [3.05, 3.63) is 29.6 Å². The van der Waals surface area contributed by atoms with E-state index < -0.39 is 16.1 Å². The van der Waals surface area contributed by atoms with Crippen LogP contribution in [0.3, 0.4) is 0 Å². The van der Waals surface area contributed by atoms with E-state index in [0.29, 0.717) is 11.3 Å². The molecular weight excluding hydrogens is 348 g/mol. The lowest BCUT2D eigenvalue weighted by molar-refractivity contribution is 0.256. The Morgan fingerprint density at radius 2 is 2.08 bits per heavy atom. The average molecular weight is 366 g/mol. The molecule has 0 bridgehead atoms. The molecule has 2 amide bonds. The minimum atomic E-state index is -4.15. The predicted molar refractivity (Wildman–Crippen MR) is 90.6 cm³/mol. The lowest BCUT2D eigenvalue weighted by atomic mass is 10.3. The third-order valence-corrected chi connectivity index (χ3v) is 4.47. The molecule has 0 aliphatic heterocycles. The molecule has 2 aromatic rings. The summed E-state index contributed by atoms with van der Waals surface area (Å²) in [5.41, 5.74) is 0.908. The van der Waals surface area contributed by atoms with Gasteiger partial charge in [0.1, 0.15) is 0 Å². The van der Waals surface area contributed by atoms with Gasteiger partial charge in [0.05, 0.1) is 13.3 Å². The molecule has 0 saturated heterocycles. The second-order valence-corrected chi connectivity index (χ2v) is 6.56. The van der Waals surface area contributed by atoms with E-state index in [9.17, 15) is 13.2 Å². The van der Waals surface area contributed by atoms with Crippen LogP contribution in [0, 0.1) is 6.92 Å². The molecule has 0 aliphatic rings. The Hall–Kier alpha value is -2.95. The molecular formula is C14H18N6O4S. The van der Waals surface area contributed by atoms with Crippen molar-refractivity contribution in [3.63, 3.8) is 0 Å². The Balaban J connectivity index is 2.23. The maximum absolute atomic E-state index is 12.5. The van der Waals surface area contributed by atoms with Gasteiger partial charge < -0.3 is 4.74 Å². The number of carbonyl (C=O) groups is 1. The minimum absolute atomic E-state index is 0.0803. The quantitative estimate of drug-likeness (QED) is 0.810. The van der Waals surface area contributed by atoms with Crippen molar-refractivity contribution in [2.45, 2.75) is 18.9 Å². The molecule has 0 fully saturated rings. The fourth-order valence-corrected chi connectivity index (χ4v) is 3.28. The summed E-state index contributed by atoms with van der Waals surface area (Å²) in [6, 6.07) is 0.569. The molecule has 25 heavy (non-hydrogen) atoms. The molecule has 2 heterocycles. The van der Waals surface area contributed by atoms with Crippen molar-refractivity contribution in [1.82, 2.24) is 24.5 Å². The van der Waals surface area contributed by atoms with E-state index in [1.54, 1.807) is 32.1 Å². The van der Waals surface area contributed by atoms with Gasteiger partial charge in [-0.2, -0.15) is 18.5 Å². The van der Waals surface area contributed by atoms with Gasteiger partial charge in [-0.1, -0.05) is 12.2 Å². The highest BCUT2D eigenvalue weighted by molar-refractivity contribution is 7.90. The number of rotatable bonds is 5. The van der Waals surface area contributed by atoms with Gasteiger partial charge in [0.2, 0.25) is 11.8 Å². The largest absolute Gasteiger partial charge is 0.481 e. The number of allylic oxidation sites excluding steroid dienone is 1. The fourth-order valence-electron chi connectivity index (χ4n) is 2.06. The number of urea groups is 1. The number of methoxy groups -OCH3 is 1. The zero-order chi connectivity index (χ0) is 18.6. The van der Waals surface area contributed by atoms with Crippen LogP contribution in [-0.4, -0.2) is 41.3 Å². The number of anilines is 1. The highest BCUT2D eigenvalue weighted by atomic mass is 32.2. The topological polar surface area (TPSA) is 128 Å². The van der Waals surface area contributed by atoms with E-state index >= 15 is 0 Å². The van der Waals surface area contributed by atoms with Crippen molar-refractivity contribution in [2.24, 2.45) is 7.05 Å². The van der Waals surface area contributed by atoms with Gasteiger partial charge in [-0.15, -0.1) is 0 Å². The summed E-state index contributed by atoms with van der Waals surface area (Å²) >= 11 is 0. The lowest BCUT2D eigenvalue weighted by Crippen LogP contribution is -2.36. The third kappa shape index (κ3) is 4.32. The molecule has 0 radical (unpaired) electrons. The second-order valence-electron chi connectivity index (χ2n) is 4.96. The molecule has 11 heteroatoms. The number of aryl methyl sites for hydroxylation is 2. The van der Waals surface area contributed by atoms with E-state index in [1.165, 1.54) is 20.4 Å². The Bertz CT molecular complexity index is 919. The molecule has 134 valence electrons. The molecule has 0 saturated carbocycles. The second kappa shape index (κ2) is 7.30. The summed E-state index contributed by atoms with van der Waals surface area (Å²) in [5, 5.41) is 6.03. The summed E-state index contributed by atoms with van der Waals surface area (Å²) in [4.78, 5) is 20.0. The average Bonchev–Trinajstić information content (AvgIpc) is 2.87. The Morgan fingerprint density at radius 1 is 1.36 bits per heavy atom. The van der Waals surface area contributed by atoms with Gasteiger partial charge in [-0.3, -0.25) is 10.00 Å². The van der Waals surface area contributed by atoms with Gasteiger partial charge in [0.25, 0.3) is 10.0 Å². The highest BCUT2D eigenvalue weighted by Gasteiger charge is 2.25. The SMILES string of the molecule is CC=Cc1cnn(C)c1S(=O)(=O)NC(=O)Nc1nc(C)cc(OC)n1. The fraction of sp³-hybridized carbons (Fsp3) is 0.286. The molecule has 0 unspecified atom stereocenters. The number of amides is 2. The molecule has 0 spiro atoms. The smallest absolute Gasteiger partial charge is 0.335 e. The molecule has 2 N–H and O–H groups in total. The summed E-state index contributed by atoms with van der Waals surface area (Å²) in [5.74, 6) is 0.163. The molecule has 10 nitrogen and oxygen atoms in total. The Kier molecular flexibility index (Phi) is 5.37. The van der Waals surface area contributed by atoms with Gasteiger partial charge in [0, 0.05) is 24.4 Å². The van der Waals surface area contributed by atoms with Crippen LogP contribution in [0.4, 0.5) is 10.7 Å². The van der Waals surface area contributed by atoms with Crippen molar-refractivity contribution in [1.29, 1.82) is 0 Å².